The highest BCUT2D eigenvalue weighted by Gasteiger charge is 2.15. The average Bonchev–Trinajstić information content (AvgIpc) is 3.00. The smallest absolute Gasteiger partial charge is 0.407 e. The van der Waals surface area contributed by atoms with Crippen molar-refractivity contribution in [3.05, 3.63) is 36.1 Å². The molecule has 0 aliphatic carbocycles. The monoisotopic (exact) mass is 374 g/mol. The first-order chi connectivity index (χ1) is 12.9. The number of carbonyl (C=O) groups excluding carboxylic acids is 1. The van der Waals surface area contributed by atoms with E-state index in [-0.39, 0.29) is 0 Å². The molecular formula is C20H30N4O3. The molecule has 2 aromatic rings. The number of fused-ring (bicyclic) bond motifs is 1. The number of alkyl carbamates (subject to hydrolysis) is 1. The quantitative estimate of drug-likeness (QED) is 0.393. The van der Waals surface area contributed by atoms with Crippen molar-refractivity contribution in [2.75, 3.05) is 19.6 Å². The summed E-state index contributed by atoms with van der Waals surface area (Å²) in [6.45, 7) is 9.98. The molecular weight excluding hydrogens is 344 g/mol. The minimum atomic E-state index is -0.482. The summed E-state index contributed by atoms with van der Waals surface area (Å²) in [6, 6.07) is 9.92. The van der Waals surface area contributed by atoms with Gasteiger partial charge >= 0.3 is 6.09 Å². The molecule has 7 nitrogen and oxygen atoms in total. The van der Waals surface area contributed by atoms with Gasteiger partial charge in [-0.05, 0) is 46.2 Å². The number of nitrogens with zero attached hydrogens (tertiary/aromatic N) is 1. The van der Waals surface area contributed by atoms with Crippen LogP contribution in [0.25, 0.3) is 11.0 Å². The van der Waals surface area contributed by atoms with Crippen LogP contribution < -0.4 is 16.0 Å². The molecule has 0 atom stereocenters. The lowest BCUT2D eigenvalue weighted by Gasteiger charge is -2.19. The van der Waals surface area contributed by atoms with Crippen LogP contribution in [0.4, 0.5) is 4.79 Å². The van der Waals surface area contributed by atoms with Gasteiger partial charge in [0.15, 0.2) is 5.96 Å². The molecule has 0 saturated carbocycles. The number of furan rings is 1. The van der Waals surface area contributed by atoms with Crippen LogP contribution in [0, 0.1) is 0 Å². The number of para-hydroxylation sites is 1. The second-order valence-corrected chi connectivity index (χ2v) is 7.15. The lowest BCUT2D eigenvalue weighted by Crippen LogP contribution is -2.39. The van der Waals surface area contributed by atoms with Crippen molar-refractivity contribution in [1.29, 1.82) is 0 Å². The number of aliphatic imine (C=N–C) groups is 1. The topological polar surface area (TPSA) is 87.9 Å². The number of carbonyl (C=O) groups is 1. The molecule has 1 aromatic carbocycles. The molecule has 0 aliphatic heterocycles. The van der Waals surface area contributed by atoms with E-state index >= 15 is 0 Å². The Bertz CT molecular complexity index is 729. The molecule has 1 heterocycles. The Balaban J connectivity index is 1.76. The number of nitrogens with one attached hydrogen (secondary N) is 3. The fraction of sp³-hybridized carbons (Fsp3) is 0.500. The summed E-state index contributed by atoms with van der Waals surface area (Å²) >= 11 is 0. The van der Waals surface area contributed by atoms with E-state index in [0.29, 0.717) is 19.6 Å². The number of guanidine groups is 1. The molecule has 0 saturated heterocycles. The van der Waals surface area contributed by atoms with Gasteiger partial charge in [-0.15, -0.1) is 0 Å². The molecule has 1 amide bonds. The minimum absolute atomic E-state index is 0.395. The first kappa shape index (κ1) is 20.6. The van der Waals surface area contributed by atoms with Gasteiger partial charge in [-0.2, -0.15) is 0 Å². The molecule has 27 heavy (non-hydrogen) atoms. The van der Waals surface area contributed by atoms with Crippen molar-refractivity contribution in [1.82, 2.24) is 16.0 Å². The van der Waals surface area contributed by atoms with E-state index in [2.05, 4.69) is 20.9 Å². The van der Waals surface area contributed by atoms with Crippen LogP contribution in [0.1, 0.15) is 39.9 Å². The molecule has 0 radical (unpaired) electrons. The molecule has 1 aromatic heterocycles. The van der Waals surface area contributed by atoms with Gasteiger partial charge in [0, 0.05) is 25.0 Å². The summed E-state index contributed by atoms with van der Waals surface area (Å²) in [5, 5.41) is 10.3. The SMILES string of the molecule is CCNC(=NCc1cc2ccccc2o1)NCCCNC(=O)OC(C)(C)C. The molecule has 0 bridgehead atoms. The number of rotatable bonds is 7. The molecule has 0 fully saturated rings. The normalized spacial score (nSPS) is 12.1. The molecule has 3 N–H and O–H groups in total. The summed E-state index contributed by atoms with van der Waals surface area (Å²) in [7, 11) is 0. The second kappa shape index (κ2) is 9.85. The van der Waals surface area contributed by atoms with Gasteiger partial charge in [0.1, 0.15) is 23.5 Å². The van der Waals surface area contributed by atoms with E-state index in [1.807, 2.05) is 58.0 Å². The van der Waals surface area contributed by atoms with Crippen LogP contribution in [0.3, 0.4) is 0 Å². The Morgan fingerprint density at radius 1 is 1.15 bits per heavy atom. The largest absolute Gasteiger partial charge is 0.459 e. The zero-order valence-corrected chi connectivity index (χ0v) is 16.6. The Morgan fingerprint density at radius 3 is 2.59 bits per heavy atom. The van der Waals surface area contributed by atoms with E-state index in [4.69, 9.17) is 9.15 Å². The summed E-state index contributed by atoms with van der Waals surface area (Å²) in [4.78, 5) is 16.1. The standard InChI is InChI=1S/C20H30N4O3/c1-5-21-18(22-11-8-12-23-19(25)27-20(2,3)4)24-14-16-13-15-9-6-7-10-17(15)26-16/h6-7,9-10,13H,5,8,11-12,14H2,1-4H3,(H,23,25)(H2,21,22,24). The number of benzene rings is 1. The number of hydrogen-bond donors (Lipinski definition) is 3. The van der Waals surface area contributed by atoms with Crippen molar-refractivity contribution in [3.8, 4) is 0 Å². The maximum absolute atomic E-state index is 11.6. The predicted octanol–water partition coefficient (Wildman–Crippen LogP) is 3.40. The Morgan fingerprint density at radius 2 is 1.89 bits per heavy atom. The fourth-order valence-corrected chi connectivity index (χ4v) is 2.41. The Hall–Kier alpha value is -2.70. The van der Waals surface area contributed by atoms with Crippen molar-refractivity contribution in [2.45, 2.75) is 46.3 Å². The van der Waals surface area contributed by atoms with Crippen LogP contribution in [0.5, 0.6) is 0 Å². The van der Waals surface area contributed by atoms with Crippen LogP contribution in [-0.4, -0.2) is 37.3 Å². The molecule has 0 spiro atoms. The van der Waals surface area contributed by atoms with E-state index in [0.717, 1.165) is 35.7 Å². The highest BCUT2D eigenvalue weighted by atomic mass is 16.6. The Kier molecular flexibility index (Phi) is 7.52. The first-order valence-electron chi connectivity index (χ1n) is 9.34. The Labute approximate surface area is 160 Å². The predicted molar refractivity (Wildman–Crippen MR) is 108 cm³/mol. The maximum Gasteiger partial charge on any atom is 0.407 e. The van der Waals surface area contributed by atoms with Gasteiger partial charge in [-0.3, -0.25) is 0 Å². The van der Waals surface area contributed by atoms with Crippen molar-refractivity contribution >= 4 is 23.0 Å². The highest BCUT2D eigenvalue weighted by Crippen LogP contribution is 2.19. The lowest BCUT2D eigenvalue weighted by molar-refractivity contribution is 0.0527. The summed E-state index contributed by atoms with van der Waals surface area (Å²) in [6.07, 6.45) is 0.363. The molecule has 0 unspecified atom stereocenters. The van der Waals surface area contributed by atoms with Gasteiger partial charge in [-0.25, -0.2) is 9.79 Å². The third-order valence-corrected chi connectivity index (χ3v) is 3.53. The lowest BCUT2D eigenvalue weighted by atomic mass is 10.2. The van der Waals surface area contributed by atoms with E-state index < -0.39 is 11.7 Å². The summed E-state index contributed by atoms with van der Waals surface area (Å²) in [5.74, 6) is 1.54. The minimum Gasteiger partial charge on any atom is -0.459 e. The second-order valence-electron chi connectivity index (χ2n) is 7.15. The van der Waals surface area contributed by atoms with Crippen LogP contribution in [0.15, 0.2) is 39.7 Å². The number of ether oxygens (including phenoxy) is 1. The number of hydrogen-bond acceptors (Lipinski definition) is 4. The third-order valence-electron chi connectivity index (χ3n) is 3.53. The van der Waals surface area contributed by atoms with E-state index in [9.17, 15) is 4.79 Å². The van der Waals surface area contributed by atoms with Crippen LogP contribution in [-0.2, 0) is 11.3 Å². The molecule has 0 aliphatic rings. The fourth-order valence-electron chi connectivity index (χ4n) is 2.41. The van der Waals surface area contributed by atoms with Crippen LogP contribution in [0.2, 0.25) is 0 Å². The first-order valence-corrected chi connectivity index (χ1v) is 9.34. The van der Waals surface area contributed by atoms with Gasteiger partial charge in [0.2, 0.25) is 0 Å². The maximum atomic E-state index is 11.6. The number of amides is 1. The van der Waals surface area contributed by atoms with Gasteiger partial charge in [-0.1, -0.05) is 18.2 Å². The molecule has 7 heteroatoms. The van der Waals surface area contributed by atoms with Crippen molar-refractivity contribution in [3.63, 3.8) is 0 Å². The zero-order chi connectivity index (χ0) is 19.7. The zero-order valence-electron chi connectivity index (χ0n) is 16.6. The van der Waals surface area contributed by atoms with Gasteiger partial charge in [0.25, 0.3) is 0 Å². The molecule has 2 rings (SSSR count). The van der Waals surface area contributed by atoms with Gasteiger partial charge in [0.05, 0.1) is 0 Å². The summed E-state index contributed by atoms with van der Waals surface area (Å²) < 4.78 is 11.0. The van der Waals surface area contributed by atoms with E-state index in [1.165, 1.54) is 0 Å². The summed E-state index contributed by atoms with van der Waals surface area (Å²) in [5.41, 5.74) is 0.387. The highest BCUT2D eigenvalue weighted by molar-refractivity contribution is 5.80. The van der Waals surface area contributed by atoms with Crippen LogP contribution >= 0.6 is 0 Å². The van der Waals surface area contributed by atoms with E-state index in [1.54, 1.807) is 0 Å². The third kappa shape index (κ3) is 7.60. The van der Waals surface area contributed by atoms with Crippen molar-refractivity contribution < 1.29 is 13.9 Å². The molecule has 148 valence electrons. The average molecular weight is 374 g/mol. The van der Waals surface area contributed by atoms with Gasteiger partial charge < -0.3 is 25.1 Å². The van der Waals surface area contributed by atoms with Crippen molar-refractivity contribution in [2.24, 2.45) is 4.99 Å².